The molecule has 3 rings (SSSR count). The molecule has 2 atom stereocenters. The largest absolute Gasteiger partial charge is 0.345 e. The van der Waals surface area contributed by atoms with Crippen LogP contribution in [-0.4, -0.2) is 39.8 Å². The molecule has 128 valence electrons. The monoisotopic (exact) mass is 367 g/mol. The molecule has 0 spiro atoms. The van der Waals surface area contributed by atoms with Crippen LogP contribution < -0.4 is 10.6 Å². The van der Waals surface area contributed by atoms with Crippen molar-refractivity contribution < 1.29 is 4.79 Å². The zero-order valence-corrected chi connectivity index (χ0v) is 15.0. The summed E-state index contributed by atoms with van der Waals surface area (Å²) in [5.41, 5.74) is 0.526. The van der Waals surface area contributed by atoms with E-state index in [0.29, 0.717) is 27.5 Å². The number of benzene rings is 1. The van der Waals surface area contributed by atoms with E-state index in [9.17, 15) is 4.79 Å². The molecule has 0 aliphatic carbocycles. The van der Waals surface area contributed by atoms with Crippen LogP contribution in [0.1, 0.15) is 29.8 Å². The van der Waals surface area contributed by atoms with Crippen molar-refractivity contribution in [2.24, 2.45) is 5.92 Å². The number of carbonyl (C=O) groups is 1. The molecule has 1 aromatic carbocycles. The third kappa shape index (κ3) is 3.41. The quantitative estimate of drug-likeness (QED) is 0.874. The Morgan fingerprint density at radius 1 is 1.38 bits per heavy atom. The van der Waals surface area contributed by atoms with Crippen LogP contribution in [0.25, 0.3) is 5.69 Å². The summed E-state index contributed by atoms with van der Waals surface area (Å²) in [6.45, 7) is 5.62. The number of halogens is 2. The van der Waals surface area contributed by atoms with E-state index in [1.54, 1.807) is 25.1 Å². The Morgan fingerprint density at radius 2 is 2.08 bits per heavy atom. The third-order valence-electron chi connectivity index (χ3n) is 4.27. The lowest BCUT2D eigenvalue weighted by Gasteiger charge is -2.29. The summed E-state index contributed by atoms with van der Waals surface area (Å²) in [4.78, 5) is 16.7. The van der Waals surface area contributed by atoms with E-state index in [-0.39, 0.29) is 17.8 Å². The van der Waals surface area contributed by atoms with Crippen molar-refractivity contribution in [1.82, 2.24) is 25.4 Å². The number of nitrogens with zero attached hydrogens (tertiary/aromatic N) is 3. The first-order valence-electron chi connectivity index (χ1n) is 7.87. The second kappa shape index (κ2) is 7.09. The van der Waals surface area contributed by atoms with Crippen LogP contribution in [0.2, 0.25) is 10.0 Å². The molecule has 0 saturated carbocycles. The lowest BCUT2D eigenvalue weighted by atomic mass is 9.95. The SMILES string of the molecule is Cc1nc(C(=O)NC2CNCCC2C)nn1-c1c(Cl)cccc1Cl. The number of aromatic nitrogens is 3. The van der Waals surface area contributed by atoms with Gasteiger partial charge in [0.2, 0.25) is 5.82 Å². The van der Waals surface area contributed by atoms with Gasteiger partial charge in [-0.3, -0.25) is 4.79 Å². The van der Waals surface area contributed by atoms with E-state index in [2.05, 4.69) is 27.6 Å². The Morgan fingerprint density at radius 3 is 2.75 bits per heavy atom. The molecule has 2 N–H and O–H groups in total. The number of para-hydroxylation sites is 1. The molecule has 2 heterocycles. The van der Waals surface area contributed by atoms with E-state index in [4.69, 9.17) is 23.2 Å². The molecule has 0 radical (unpaired) electrons. The zero-order valence-electron chi connectivity index (χ0n) is 13.5. The Kier molecular flexibility index (Phi) is 5.08. The number of piperidine rings is 1. The topological polar surface area (TPSA) is 71.8 Å². The molecule has 0 bridgehead atoms. The third-order valence-corrected chi connectivity index (χ3v) is 4.88. The normalized spacial score (nSPS) is 20.8. The molecule has 1 amide bonds. The maximum atomic E-state index is 12.5. The molecule has 2 unspecified atom stereocenters. The summed E-state index contributed by atoms with van der Waals surface area (Å²) in [6.07, 6.45) is 1.03. The Hall–Kier alpha value is -1.63. The summed E-state index contributed by atoms with van der Waals surface area (Å²) >= 11 is 12.4. The van der Waals surface area contributed by atoms with Gasteiger partial charge in [-0.05, 0) is 37.9 Å². The fourth-order valence-electron chi connectivity index (χ4n) is 2.81. The Bertz CT molecular complexity index is 741. The van der Waals surface area contributed by atoms with Crippen molar-refractivity contribution in [2.75, 3.05) is 13.1 Å². The lowest BCUT2D eigenvalue weighted by molar-refractivity contribution is 0.0904. The minimum absolute atomic E-state index is 0.0717. The van der Waals surface area contributed by atoms with Gasteiger partial charge in [-0.15, -0.1) is 5.10 Å². The fraction of sp³-hybridized carbons (Fsp3) is 0.438. The highest BCUT2D eigenvalue weighted by atomic mass is 35.5. The highest BCUT2D eigenvalue weighted by Gasteiger charge is 2.25. The summed E-state index contributed by atoms with van der Waals surface area (Å²) in [7, 11) is 0. The van der Waals surface area contributed by atoms with Crippen molar-refractivity contribution in [3.05, 3.63) is 39.9 Å². The van der Waals surface area contributed by atoms with E-state index in [0.717, 1.165) is 19.5 Å². The van der Waals surface area contributed by atoms with Gasteiger partial charge in [-0.2, -0.15) is 0 Å². The van der Waals surface area contributed by atoms with Crippen molar-refractivity contribution in [3.8, 4) is 5.69 Å². The van der Waals surface area contributed by atoms with Crippen LogP contribution in [-0.2, 0) is 0 Å². The number of hydrogen-bond donors (Lipinski definition) is 2. The predicted molar refractivity (Wildman–Crippen MR) is 94.0 cm³/mol. The Balaban J connectivity index is 1.85. The van der Waals surface area contributed by atoms with E-state index >= 15 is 0 Å². The number of aryl methyl sites for hydroxylation is 1. The predicted octanol–water partition coefficient (Wildman–Crippen LogP) is 2.61. The average molecular weight is 368 g/mol. The van der Waals surface area contributed by atoms with Gasteiger partial charge in [-0.25, -0.2) is 9.67 Å². The van der Waals surface area contributed by atoms with Gasteiger partial charge in [0.15, 0.2) is 0 Å². The average Bonchev–Trinajstić information content (AvgIpc) is 2.91. The summed E-state index contributed by atoms with van der Waals surface area (Å²) in [5, 5.41) is 11.5. The van der Waals surface area contributed by atoms with Gasteiger partial charge < -0.3 is 10.6 Å². The van der Waals surface area contributed by atoms with Gasteiger partial charge in [0.05, 0.1) is 10.0 Å². The van der Waals surface area contributed by atoms with Crippen LogP contribution in [0.5, 0.6) is 0 Å². The molecule has 6 nitrogen and oxygen atoms in total. The van der Waals surface area contributed by atoms with E-state index in [1.165, 1.54) is 4.68 Å². The van der Waals surface area contributed by atoms with Gasteiger partial charge in [0, 0.05) is 12.6 Å². The van der Waals surface area contributed by atoms with Gasteiger partial charge in [0.25, 0.3) is 5.91 Å². The van der Waals surface area contributed by atoms with Crippen LogP contribution in [0.4, 0.5) is 0 Å². The van der Waals surface area contributed by atoms with Crippen molar-refractivity contribution in [3.63, 3.8) is 0 Å². The van der Waals surface area contributed by atoms with Gasteiger partial charge in [-0.1, -0.05) is 36.2 Å². The van der Waals surface area contributed by atoms with E-state index in [1.807, 2.05) is 0 Å². The number of amides is 1. The minimum atomic E-state index is -0.291. The molecule has 1 fully saturated rings. The molecule has 1 aliphatic heterocycles. The highest BCUT2D eigenvalue weighted by Crippen LogP contribution is 2.28. The minimum Gasteiger partial charge on any atom is -0.345 e. The second-order valence-electron chi connectivity index (χ2n) is 6.01. The first-order valence-corrected chi connectivity index (χ1v) is 8.62. The number of nitrogens with one attached hydrogen (secondary N) is 2. The fourth-order valence-corrected chi connectivity index (χ4v) is 3.36. The lowest BCUT2D eigenvalue weighted by Crippen LogP contribution is -2.50. The highest BCUT2D eigenvalue weighted by molar-refractivity contribution is 6.37. The molecular weight excluding hydrogens is 349 g/mol. The zero-order chi connectivity index (χ0) is 17.3. The maximum absolute atomic E-state index is 12.5. The first kappa shape index (κ1) is 17.2. The second-order valence-corrected chi connectivity index (χ2v) is 6.83. The molecule has 24 heavy (non-hydrogen) atoms. The van der Waals surface area contributed by atoms with Crippen molar-refractivity contribution >= 4 is 29.1 Å². The van der Waals surface area contributed by atoms with Crippen LogP contribution in [0.3, 0.4) is 0 Å². The van der Waals surface area contributed by atoms with Crippen molar-refractivity contribution in [2.45, 2.75) is 26.3 Å². The number of carbonyl (C=O) groups excluding carboxylic acids is 1. The van der Waals surface area contributed by atoms with Crippen LogP contribution in [0, 0.1) is 12.8 Å². The number of rotatable bonds is 3. The van der Waals surface area contributed by atoms with E-state index < -0.39 is 0 Å². The maximum Gasteiger partial charge on any atom is 0.291 e. The molecule has 1 aliphatic rings. The Labute approximate surface area is 150 Å². The smallest absolute Gasteiger partial charge is 0.291 e. The first-order chi connectivity index (χ1) is 11.5. The number of hydrogen-bond acceptors (Lipinski definition) is 4. The van der Waals surface area contributed by atoms with Crippen molar-refractivity contribution in [1.29, 1.82) is 0 Å². The van der Waals surface area contributed by atoms with Gasteiger partial charge >= 0.3 is 0 Å². The molecule has 2 aromatic rings. The summed E-state index contributed by atoms with van der Waals surface area (Å²) in [6, 6.07) is 5.27. The van der Waals surface area contributed by atoms with Gasteiger partial charge in [0.1, 0.15) is 11.5 Å². The molecular formula is C16H19Cl2N5O. The summed E-state index contributed by atoms with van der Waals surface area (Å²) in [5.74, 6) is 0.781. The van der Waals surface area contributed by atoms with Crippen LogP contribution >= 0.6 is 23.2 Å². The molecule has 1 aromatic heterocycles. The summed E-state index contributed by atoms with van der Waals surface area (Å²) < 4.78 is 1.50. The molecule has 8 heteroatoms. The molecule has 1 saturated heterocycles. The standard InChI is InChI=1S/C16H19Cl2N5O/c1-9-6-7-19-8-13(9)21-16(24)15-20-10(2)23(22-15)14-11(17)4-3-5-12(14)18/h3-5,9,13,19H,6-8H2,1-2H3,(H,21,24). The van der Waals surface area contributed by atoms with Crippen LogP contribution in [0.15, 0.2) is 18.2 Å².